The Balaban J connectivity index is 2.36. The van der Waals surface area contributed by atoms with Gasteiger partial charge in [-0.2, -0.15) is 13.2 Å². The van der Waals surface area contributed by atoms with E-state index in [-0.39, 0.29) is 5.56 Å². The van der Waals surface area contributed by atoms with Crippen LogP contribution < -0.4 is 16.6 Å². The number of nitrogens with two attached hydrogens (primary N) is 1. The van der Waals surface area contributed by atoms with Crippen molar-refractivity contribution >= 4 is 5.69 Å². The fourth-order valence-electron chi connectivity index (χ4n) is 1.25. The highest BCUT2D eigenvalue weighted by Crippen LogP contribution is 2.41. The Morgan fingerprint density at radius 1 is 1.07 bits per heavy atom. The molecular formula is C8H8F3N3. The summed E-state index contributed by atoms with van der Waals surface area (Å²) in [5, 5.41) is 0. The van der Waals surface area contributed by atoms with Crippen LogP contribution in [0.5, 0.6) is 0 Å². The first-order valence-corrected chi connectivity index (χ1v) is 3.93. The molecule has 1 fully saturated rings. The van der Waals surface area contributed by atoms with Gasteiger partial charge in [-0.1, -0.05) is 12.1 Å². The number of anilines is 1. The summed E-state index contributed by atoms with van der Waals surface area (Å²) in [5.74, 6) is 0. The van der Waals surface area contributed by atoms with Gasteiger partial charge in [0.25, 0.3) is 0 Å². The normalized spacial score (nSPS) is 19.4. The minimum atomic E-state index is -4.36. The van der Waals surface area contributed by atoms with Crippen molar-refractivity contribution in [3.63, 3.8) is 0 Å². The van der Waals surface area contributed by atoms with Crippen LogP contribution in [0, 0.1) is 0 Å². The summed E-state index contributed by atoms with van der Waals surface area (Å²) in [6.07, 6.45) is -4.36. The zero-order valence-corrected chi connectivity index (χ0v) is 7.02. The lowest BCUT2D eigenvalue weighted by molar-refractivity contribution is -0.165. The molecule has 1 aliphatic rings. The van der Waals surface area contributed by atoms with E-state index in [2.05, 4.69) is 10.9 Å². The fraction of sp³-hybridized carbons (Fsp3) is 0.250. The second kappa shape index (κ2) is 2.61. The van der Waals surface area contributed by atoms with E-state index in [0.717, 1.165) is 0 Å². The Morgan fingerprint density at radius 3 is 1.93 bits per heavy atom. The summed E-state index contributed by atoms with van der Waals surface area (Å²) in [6, 6.07) is 5.56. The number of halogens is 3. The second-order valence-corrected chi connectivity index (χ2v) is 3.12. The van der Waals surface area contributed by atoms with Gasteiger partial charge in [0, 0.05) is 5.69 Å². The van der Waals surface area contributed by atoms with Crippen LogP contribution in [0.1, 0.15) is 5.56 Å². The van der Waals surface area contributed by atoms with Crippen molar-refractivity contribution in [1.82, 2.24) is 10.9 Å². The predicted octanol–water partition coefficient (Wildman–Crippen LogP) is 1.09. The molecular weight excluding hydrogens is 195 g/mol. The highest BCUT2D eigenvalue weighted by Gasteiger charge is 2.65. The fourth-order valence-corrected chi connectivity index (χ4v) is 1.25. The van der Waals surface area contributed by atoms with Gasteiger partial charge in [0.2, 0.25) is 5.66 Å². The Hall–Kier alpha value is -1.27. The lowest BCUT2D eigenvalue weighted by atomic mass is 10.0. The van der Waals surface area contributed by atoms with E-state index in [1.54, 1.807) is 0 Å². The molecule has 0 bridgehead atoms. The van der Waals surface area contributed by atoms with E-state index < -0.39 is 11.8 Å². The van der Waals surface area contributed by atoms with Gasteiger partial charge in [-0.15, -0.1) is 0 Å². The molecule has 1 heterocycles. The Labute approximate surface area is 78.1 Å². The zero-order valence-electron chi connectivity index (χ0n) is 7.02. The summed E-state index contributed by atoms with van der Waals surface area (Å²) in [4.78, 5) is 0. The van der Waals surface area contributed by atoms with Crippen molar-refractivity contribution in [3.8, 4) is 0 Å². The van der Waals surface area contributed by atoms with Crippen LogP contribution in [0.3, 0.4) is 0 Å². The quantitative estimate of drug-likeness (QED) is 0.472. The molecule has 1 aliphatic heterocycles. The van der Waals surface area contributed by atoms with Gasteiger partial charge in [0.1, 0.15) is 0 Å². The van der Waals surface area contributed by atoms with Crippen molar-refractivity contribution in [2.45, 2.75) is 11.8 Å². The lowest BCUT2D eigenvalue weighted by Crippen LogP contribution is -2.34. The molecule has 0 radical (unpaired) electrons. The van der Waals surface area contributed by atoms with Gasteiger partial charge in [-0.05, 0) is 17.7 Å². The summed E-state index contributed by atoms with van der Waals surface area (Å²) >= 11 is 0. The molecule has 0 spiro atoms. The van der Waals surface area contributed by atoms with Crippen molar-refractivity contribution in [2.75, 3.05) is 5.73 Å². The topological polar surface area (TPSA) is 69.9 Å². The van der Waals surface area contributed by atoms with Gasteiger partial charge in [-0.3, -0.25) is 0 Å². The molecule has 0 atom stereocenters. The molecule has 6 heteroatoms. The first-order valence-electron chi connectivity index (χ1n) is 3.93. The minimum Gasteiger partial charge on any atom is -0.399 e. The predicted molar refractivity (Wildman–Crippen MR) is 44.9 cm³/mol. The van der Waals surface area contributed by atoms with E-state index in [9.17, 15) is 13.2 Å². The Bertz CT molecular complexity index is 340. The maximum absolute atomic E-state index is 12.5. The molecule has 0 unspecified atom stereocenters. The molecule has 4 N–H and O–H groups in total. The largest absolute Gasteiger partial charge is 0.426 e. The van der Waals surface area contributed by atoms with Gasteiger partial charge in [0.15, 0.2) is 0 Å². The van der Waals surface area contributed by atoms with Gasteiger partial charge < -0.3 is 5.73 Å². The average Bonchev–Trinajstić information content (AvgIpc) is 2.84. The van der Waals surface area contributed by atoms with E-state index in [1.165, 1.54) is 24.3 Å². The summed E-state index contributed by atoms with van der Waals surface area (Å²) in [6.45, 7) is 0. The van der Waals surface area contributed by atoms with E-state index in [4.69, 9.17) is 5.73 Å². The summed E-state index contributed by atoms with van der Waals surface area (Å²) in [7, 11) is 0. The highest BCUT2D eigenvalue weighted by atomic mass is 19.4. The molecule has 1 saturated heterocycles. The van der Waals surface area contributed by atoms with Crippen molar-refractivity contribution < 1.29 is 13.2 Å². The van der Waals surface area contributed by atoms with Crippen molar-refractivity contribution in [1.29, 1.82) is 0 Å². The van der Waals surface area contributed by atoms with Gasteiger partial charge >= 0.3 is 6.18 Å². The number of rotatable bonds is 1. The van der Waals surface area contributed by atoms with Gasteiger partial charge in [0.05, 0.1) is 0 Å². The number of benzene rings is 1. The summed E-state index contributed by atoms with van der Waals surface area (Å²) < 4.78 is 37.6. The zero-order chi connectivity index (χ0) is 10.4. The smallest absolute Gasteiger partial charge is 0.399 e. The molecule has 0 aromatic heterocycles. The van der Waals surface area contributed by atoms with Crippen LogP contribution >= 0.6 is 0 Å². The molecule has 14 heavy (non-hydrogen) atoms. The molecule has 0 amide bonds. The van der Waals surface area contributed by atoms with Crippen LogP contribution in [-0.4, -0.2) is 6.18 Å². The summed E-state index contributed by atoms with van der Waals surface area (Å²) in [5.41, 5.74) is 8.06. The number of nitrogen functional groups attached to an aromatic ring is 1. The molecule has 0 saturated carbocycles. The molecule has 2 rings (SSSR count). The number of hydrogen-bond donors (Lipinski definition) is 3. The molecule has 0 aliphatic carbocycles. The molecule has 1 aromatic carbocycles. The van der Waals surface area contributed by atoms with Crippen molar-refractivity contribution in [3.05, 3.63) is 29.8 Å². The monoisotopic (exact) mass is 203 g/mol. The average molecular weight is 203 g/mol. The maximum Gasteiger partial charge on any atom is 0.426 e. The molecule has 76 valence electrons. The SMILES string of the molecule is Nc1ccc(C2(C(F)(F)F)NN2)cc1. The first-order chi connectivity index (χ1) is 6.46. The van der Waals surface area contributed by atoms with Crippen molar-refractivity contribution in [2.24, 2.45) is 0 Å². The first kappa shape index (κ1) is 9.29. The van der Waals surface area contributed by atoms with E-state index >= 15 is 0 Å². The molecule has 1 aromatic rings. The number of hydrazine groups is 1. The van der Waals surface area contributed by atoms with Crippen LogP contribution in [0.25, 0.3) is 0 Å². The van der Waals surface area contributed by atoms with E-state index in [0.29, 0.717) is 5.69 Å². The van der Waals surface area contributed by atoms with Crippen LogP contribution in [0.2, 0.25) is 0 Å². The highest BCUT2D eigenvalue weighted by molar-refractivity contribution is 5.42. The van der Waals surface area contributed by atoms with Gasteiger partial charge in [-0.25, -0.2) is 10.9 Å². The van der Waals surface area contributed by atoms with Crippen LogP contribution in [0.4, 0.5) is 18.9 Å². The maximum atomic E-state index is 12.5. The number of nitrogens with one attached hydrogen (secondary N) is 2. The Morgan fingerprint density at radius 2 is 1.57 bits per heavy atom. The van der Waals surface area contributed by atoms with E-state index in [1.807, 2.05) is 0 Å². The van der Waals surface area contributed by atoms with Crippen LogP contribution in [-0.2, 0) is 5.66 Å². The lowest BCUT2D eigenvalue weighted by Gasteiger charge is -2.15. The minimum absolute atomic E-state index is 0.110. The number of hydrogen-bond acceptors (Lipinski definition) is 3. The third kappa shape index (κ3) is 1.23. The third-order valence-corrected chi connectivity index (χ3v) is 2.14. The van der Waals surface area contributed by atoms with Crippen LogP contribution in [0.15, 0.2) is 24.3 Å². The Kier molecular flexibility index (Phi) is 1.73. The standard InChI is InChI=1S/C8H8F3N3/c9-8(10,11)7(13-14-7)5-1-3-6(12)4-2-5/h1-4,13-14H,12H2. The third-order valence-electron chi connectivity index (χ3n) is 2.14. The second-order valence-electron chi connectivity index (χ2n) is 3.12. The molecule has 3 nitrogen and oxygen atoms in total. The number of alkyl halides is 3.